The molecule has 1 aliphatic heterocycles. The molecule has 1 aliphatic rings. The van der Waals surface area contributed by atoms with Gasteiger partial charge in [0.15, 0.2) is 0 Å². The van der Waals surface area contributed by atoms with E-state index in [-0.39, 0.29) is 5.56 Å². The molecule has 0 aromatic heterocycles. The second-order valence-corrected chi connectivity index (χ2v) is 3.99. The molecule has 2 N–H and O–H groups in total. The SMILES string of the molecule is COc1ccc2cc(N)cc3c2c1C(=O)OC3=O. The highest BCUT2D eigenvalue weighted by atomic mass is 16.6. The highest BCUT2D eigenvalue weighted by molar-refractivity contribution is 6.22. The van der Waals surface area contributed by atoms with Crippen molar-refractivity contribution in [1.82, 2.24) is 0 Å². The van der Waals surface area contributed by atoms with Gasteiger partial charge in [-0.25, -0.2) is 9.59 Å². The molecular weight excluding hydrogens is 234 g/mol. The first kappa shape index (κ1) is 10.6. The van der Waals surface area contributed by atoms with Crippen molar-refractivity contribution < 1.29 is 19.1 Å². The summed E-state index contributed by atoms with van der Waals surface area (Å²) in [4.78, 5) is 23.5. The zero-order chi connectivity index (χ0) is 12.9. The van der Waals surface area contributed by atoms with Gasteiger partial charge in [-0.2, -0.15) is 0 Å². The largest absolute Gasteiger partial charge is 0.496 e. The van der Waals surface area contributed by atoms with Gasteiger partial charge in [-0.15, -0.1) is 0 Å². The third-order valence-electron chi connectivity index (χ3n) is 2.93. The number of carbonyl (C=O) groups is 2. The van der Waals surface area contributed by atoms with Gasteiger partial charge in [-0.1, -0.05) is 6.07 Å². The lowest BCUT2D eigenvalue weighted by Gasteiger charge is -2.18. The summed E-state index contributed by atoms with van der Waals surface area (Å²) in [5.74, 6) is -0.996. The number of esters is 2. The first-order valence-corrected chi connectivity index (χ1v) is 5.28. The van der Waals surface area contributed by atoms with E-state index in [1.165, 1.54) is 13.2 Å². The van der Waals surface area contributed by atoms with E-state index in [0.29, 0.717) is 27.8 Å². The summed E-state index contributed by atoms with van der Waals surface area (Å²) in [6.45, 7) is 0. The van der Waals surface area contributed by atoms with E-state index in [1.807, 2.05) is 0 Å². The normalized spacial score (nSPS) is 13.6. The molecule has 2 aromatic rings. The summed E-state index contributed by atoms with van der Waals surface area (Å²) in [5, 5.41) is 1.25. The molecule has 5 nitrogen and oxygen atoms in total. The Morgan fingerprint density at radius 1 is 1.17 bits per heavy atom. The average Bonchev–Trinajstić information content (AvgIpc) is 2.34. The molecule has 18 heavy (non-hydrogen) atoms. The second kappa shape index (κ2) is 3.46. The van der Waals surface area contributed by atoms with Crippen LogP contribution in [-0.2, 0) is 4.74 Å². The number of carbonyl (C=O) groups excluding carboxylic acids is 2. The molecule has 1 heterocycles. The maximum Gasteiger partial charge on any atom is 0.350 e. The monoisotopic (exact) mass is 243 g/mol. The fourth-order valence-corrected chi connectivity index (χ4v) is 2.19. The molecule has 3 rings (SSSR count). The molecular formula is C13H9NO4. The lowest BCUT2D eigenvalue weighted by Crippen LogP contribution is -2.20. The molecule has 5 heteroatoms. The molecule has 0 fully saturated rings. The minimum Gasteiger partial charge on any atom is -0.496 e. The lowest BCUT2D eigenvalue weighted by molar-refractivity contribution is 0.0389. The fourth-order valence-electron chi connectivity index (χ4n) is 2.19. The van der Waals surface area contributed by atoms with Crippen molar-refractivity contribution in [2.24, 2.45) is 0 Å². The van der Waals surface area contributed by atoms with Crippen LogP contribution < -0.4 is 10.5 Å². The smallest absolute Gasteiger partial charge is 0.350 e. The van der Waals surface area contributed by atoms with Gasteiger partial charge in [0.05, 0.1) is 12.7 Å². The van der Waals surface area contributed by atoms with Crippen LogP contribution in [0.1, 0.15) is 20.7 Å². The predicted octanol–water partition coefficient (Wildman–Crippen LogP) is 1.74. The standard InChI is InChI=1S/C13H9NO4/c1-17-9-3-2-6-4-7(14)5-8-10(6)11(9)13(16)18-12(8)15/h2-5H,14H2,1H3. The number of benzene rings is 2. The van der Waals surface area contributed by atoms with E-state index in [1.54, 1.807) is 18.2 Å². The van der Waals surface area contributed by atoms with Crippen molar-refractivity contribution in [1.29, 1.82) is 0 Å². The van der Waals surface area contributed by atoms with E-state index in [9.17, 15) is 9.59 Å². The van der Waals surface area contributed by atoms with Crippen LogP contribution >= 0.6 is 0 Å². The van der Waals surface area contributed by atoms with Gasteiger partial charge in [0.2, 0.25) is 0 Å². The Labute approximate surface area is 102 Å². The van der Waals surface area contributed by atoms with Crippen molar-refractivity contribution in [3.63, 3.8) is 0 Å². The van der Waals surface area contributed by atoms with Gasteiger partial charge < -0.3 is 15.2 Å². The van der Waals surface area contributed by atoms with Crippen LogP contribution in [0, 0.1) is 0 Å². The lowest BCUT2D eigenvalue weighted by atomic mass is 9.96. The van der Waals surface area contributed by atoms with E-state index in [2.05, 4.69) is 4.74 Å². The summed E-state index contributed by atoms with van der Waals surface area (Å²) in [7, 11) is 1.46. The van der Waals surface area contributed by atoms with Crippen molar-refractivity contribution in [2.45, 2.75) is 0 Å². The van der Waals surface area contributed by atoms with Gasteiger partial charge in [-0.05, 0) is 23.6 Å². The van der Waals surface area contributed by atoms with Crippen molar-refractivity contribution in [2.75, 3.05) is 12.8 Å². The maximum atomic E-state index is 11.8. The first-order valence-electron chi connectivity index (χ1n) is 5.28. The minimum absolute atomic E-state index is 0.268. The molecule has 0 saturated carbocycles. The molecule has 90 valence electrons. The topological polar surface area (TPSA) is 78.6 Å². The highest BCUT2D eigenvalue weighted by Gasteiger charge is 2.30. The van der Waals surface area contributed by atoms with Crippen LogP contribution in [0.2, 0.25) is 0 Å². The van der Waals surface area contributed by atoms with E-state index >= 15 is 0 Å². The van der Waals surface area contributed by atoms with E-state index in [4.69, 9.17) is 10.5 Å². The molecule has 0 atom stereocenters. The van der Waals surface area contributed by atoms with Crippen LogP contribution in [0.15, 0.2) is 24.3 Å². The van der Waals surface area contributed by atoms with Gasteiger partial charge in [-0.3, -0.25) is 0 Å². The van der Waals surface area contributed by atoms with Crippen molar-refractivity contribution in [3.05, 3.63) is 35.4 Å². The minimum atomic E-state index is -0.695. The van der Waals surface area contributed by atoms with Crippen molar-refractivity contribution >= 4 is 28.4 Å². The summed E-state index contributed by atoms with van der Waals surface area (Å²) < 4.78 is 9.81. The van der Waals surface area contributed by atoms with Gasteiger partial charge in [0, 0.05) is 11.1 Å². The number of methoxy groups -OCH3 is 1. The van der Waals surface area contributed by atoms with Crippen LogP contribution in [0.5, 0.6) is 5.75 Å². The number of hydrogen-bond acceptors (Lipinski definition) is 5. The average molecular weight is 243 g/mol. The number of ether oxygens (including phenoxy) is 2. The molecule has 0 aliphatic carbocycles. The number of cyclic esters (lactones) is 2. The molecule has 2 aromatic carbocycles. The van der Waals surface area contributed by atoms with Crippen LogP contribution in [0.25, 0.3) is 10.8 Å². The molecule has 0 unspecified atom stereocenters. The van der Waals surface area contributed by atoms with Gasteiger partial charge >= 0.3 is 11.9 Å². The molecule has 0 amide bonds. The summed E-state index contributed by atoms with van der Waals surface area (Å²) in [6.07, 6.45) is 0. The first-order chi connectivity index (χ1) is 8.61. The zero-order valence-corrected chi connectivity index (χ0v) is 9.52. The van der Waals surface area contributed by atoms with Gasteiger partial charge in [0.1, 0.15) is 11.3 Å². The van der Waals surface area contributed by atoms with Crippen molar-refractivity contribution in [3.8, 4) is 5.75 Å². The third kappa shape index (κ3) is 1.27. The number of nitrogen functional groups attached to an aromatic ring is 1. The maximum absolute atomic E-state index is 11.8. The van der Waals surface area contributed by atoms with E-state index in [0.717, 1.165) is 0 Å². The fraction of sp³-hybridized carbons (Fsp3) is 0.0769. The number of nitrogens with two attached hydrogens (primary N) is 1. The Bertz CT molecular complexity index is 706. The Kier molecular flexibility index (Phi) is 2.04. The number of anilines is 1. The Morgan fingerprint density at radius 2 is 1.94 bits per heavy atom. The highest BCUT2D eigenvalue weighted by Crippen LogP contribution is 2.36. The third-order valence-corrected chi connectivity index (χ3v) is 2.93. The zero-order valence-electron chi connectivity index (χ0n) is 9.52. The Balaban J connectivity index is 2.53. The van der Waals surface area contributed by atoms with Crippen LogP contribution in [-0.4, -0.2) is 19.0 Å². The summed E-state index contributed by atoms with van der Waals surface area (Å²) in [5.41, 5.74) is 6.72. The quantitative estimate of drug-likeness (QED) is 0.469. The summed E-state index contributed by atoms with van der Waals surface area (Å²) >= 11 is 0. The molecule has 0 radical (unpaired) electrons. The number of hydrogen-bond donors (Lipinski definition) is 1. The van der Waals surface area contributed by atoms with E-state index < -0.39 is 11.9 Å². The van der Waals surface area contributed by atoms with Gasteiger partial charge in [0.25, 0.3) is 0 Å². The molecule has 0 bridgehead atoms. The van der Waals surface area contributed by atoms with Crippen LogP contribution in [0.3, 0.4) is 0 Å². The Hall–Kier alpha value is -2.56. The summed E-state index contributed by atoms with van der Waals surface area (Å²) in [6, 6.07) is 6.61. The molecule has 0 saturated heterocycles. The number of rotatable bonds is 1. The van der Waals surface area contributed by atoms with Crippen LogP contribution in [0.4, 0.5) is 5.69 Å². The molecule has 0 spiro atoms. The predicted molar refractivity (Wildman–Crippen MR) is 64.7 cm³/mol. The Morgan fingerprint density at radius 3 is 2.67 bits per heavy atom. The second-order valence-electron chi connectivity index (χ2n) is 3.99.